The lowest BCUT2D eigenvalue weighted by Crippen LogP contribution is -2.49. The molecule has 29 heavy (non-hydrogen) atoms. The Morgan fingerprint density at radius 1 is 1.21 bits per heavy atom. The van der Waals surface area contributed by atoms with E-state index in [4.69, 9.17) is 4.74 Å². The van der Waals surface area contributed by atoms with Gasteiger partial charge in [-0.1, -0.05) is 12.1 Å². The van der Waals surface area contributed by atoms with Crippen molar-refractivity contribution < 1.29 is 9.53 Å². The number of hydrogen-bond donors (Lipinski definition) is 0. The lowest BCUT2D eigenvalue weighted by Gasteiger charge is -2.39. The average molecular weight is 397 g/mol. The van der Waals surface area contributed by atoms with E-state index in [0.717, 1.165) is 69.0 Å². The third kappa shape index (κ3) is 4.04. The molecule has 1 aromatic heterocycles. The molecule has 6 nitrogen and oxygen atoms in total. The molecule has 0 radical (unpaired) electrons. The molecule has 0 N–H and O–H groups in total. The number of rotatable bonds is 6. The highest BCUT2D eigenvalue weighted by molar-refractivity contribution is 5.84. The van der Waals surface area contributed by atoms with Crippen LogP contribution in [0.5, 0.6) is 5.75 Å². The summed E-state index contributed by atoms with van der Waals surface area (Å²) in [5.41, 5.74) is 3.29. The lowest BCUT2D eigenvalue weighted by atomic mass is 9.78. The number of carbonyl (C=O) groups excluding carboxylic acids is 1. The number of carbonyl (C=O) groups is 1. The fourth-order valence-electron chi connectivity index (χ4n) is 4.88. The number of ether oxygens (including phenoxy) is 1. The van der Waals surface area contributed by atoms with Gasteiger partial charge in [0.25, 0.3) is 0 Å². The molecule has 2 saturated heterocycles. The quantitative estimate of drug-likeness (QED) is 0.752. The van der Waals surface area contributed by atoms with Crippen molar-refractivity contribution in [2.24, 2.45) is 5.41 Å². The van der Waals surface area contributed by atoms with Crippen LogP contribution in [0.25, 0.3) is 0 Å². The first-order chi connectivity index (χ1) is 14.0. The zero-order valence-corrected chi connectivity index (χ0v) is 17.9. The second kappa shape index (κ2) is 8.19. The van der Waals surface area contributed by atoms with Crippen LogP contribution >= 0.6 is 0 Å². The van der Waals surface area contributed by atoms with Gasteiger partial charge in [-0.25, -0.2) is 0 Å². The fraction of sp³-hybridized carbons (Fsp3) is 0.565. The number of aryl methyl sites for hydroxylation is 2. The van der Waals surface area contributed by atoms with Crippen LogP contribution < -0.4 is 4.74 Å². The third-order valence-corrected chi connectivity index (χ3v) is 6.53. The van der Waals surface area contributed by atoms with Gasteiger partial charge in [0.15, 0.2) is 0 Å². The fourth-order valence-corrected chi connectivity index (χ4v) is 4.88. The van der Waals surface area contributed by atoms with Gasteiger partial charge >= 0.3 is 0 Å². The van der Waals surface area contributed by atoms with Crippen molar-refractivity contribution in [3.63, 3.8) is 0 Å². The molecule has 4 rings (SSSR count). The zero-order chi connectivity index (χ0) is 20.4. The summed E-state index contributed by atoms with van der Waals surface area (Å²) in [5, 5.41) is 4.57. The summed E-state index contributed by atoms with van der Waals surface area (Å²) < 4.78 is 7.34. The van der Waals surface area contributed by atoms with Crippen LogP contribution in [0.4, 0.5) is 0 Å². The smallest absolute Gasteiger partial charge is 0.230 e. The molecule has 1 amide bonds. The van der Waals surface area contributed by atoms with Crippen molar-refractivity contribution in [2.45, 2.75) is 52.7 Å². The van der Waals surface area contributed by atoms with Crippen molar-refractivity contribution in [1.29, 1.82) is 0 Å². The Morgan fingerprint density at radius 2 is 2.07 bits per heavy atom. The minimum absolute atomic E-state index is 0.216. The molecule has 2 aliphatic rings. The zero-order valence-electron chi connectivity index (χ0n) is 17.9. The highest BCUT2D eigenvalue weighted by Crippen LogP contribution is 2.41. The van der Waals surface area contributed by atoms with Crippen molar-refractivity contribution in [2.75, 3.05) is 26.7 Å². The first kappa shape index (κ1) is 20.0. The van der Waals surface area contributed by atoms with Gasteiger partial charge in [0.1, 0.15) is 5.75 Å². The van der Waals surface area contributed by atoms with Gasteiger partial charge in [-0.15, -0.1) is 0 Å². The molecule has 1 aromatic carbocycles. The van der Waals surface area contributed by atoms with Crippen LogP contribution in [-0.4, -0.2) is 52.2 Å². The van der Waals surface area contributed by atoms with E-state index in [9.17, 15) is 4.79 Å². The standard InChI is InChI=1S/C23H32N4O2/c1-4-27-16-20(18(2)24-27)15-25-12-10-23(17-25)9-6-11-26(22(23)28)14-19-7-5-8-21(13-19)29-3/h5,7-8,13,16H,4,6,9-12,14-15,17H2,1-3H3. The van der Waals surface area contributed by atoms with Crippen LogP contribution in [0, 0.1) is 12.3 Å². The molecule has 2 aliphatic heterocycles. The predicted molar refractivity (Wildman–Crippen MR) is 113 cm³/mol. The van der Waals surface area contributed by atoms with Gasteiger partial charge in [0, 0.05) is 44.5 Å². The summed E-state index contributed by atoms with van der Waals surface area (Å²) in [7, 11) is 1.68. The molecule has 1 atom stereocenters. The number of piperidine rings is 1. The second-order valence-electron chi connectivity index (χ2n) is 8.52. The Kier molecular flexibility index (Phi) is 5.63. The Balaban J connectivity index is 1.43. The molecule has 1 unspecified atom stereocenters. The maximum absolute atomic E-state index is 13.5. The van der Waals surface area contributed by atoms with Gasteiger partial charge in [-0.2, -0.15) is 5.10 Å². The van der Waals surface area contributed by atoms with E-state index < -0.39 is 0 Å². The van der Waals surface area contributed by atoms with Crippen LogP contribution in [0.15, 0.2) is 30.5 Å². The number of likely N-dealkylation sites (tertiary alicyclic amines) is 2. The molecule has 156 valence electrons. The third-order valence-electron chi connectivity index (χ3n) is 6.53. The Labute approximate surface area is 173 Å². The summed E-state index contributed by atoms with van der Waals surface area (Å²) in [5.74, 6) is 1.17. The molecule has 1 spiro atoms. The molecule has 0 aliphatic carbocycles. The van der Waals surface area contributed by atoms with Crippen LogP contribution in [0.2, 0.25) is 0 Å². The number of aromatic nitrogens is 2. The Morgan fingerprint density at radius 3 is 2.83 bits per heavy atom. The molecule has 0 saturated carbocycles. The van der Waals surface area contributed by atoms with E-state index in [0.29, 0.717) is 12.5 Å². The summed E-state index contributed by atoms with van der Waals surface area (Å²) in [6, 6.07) is 8.05. The van der Waals surface area contributed by atoms with E-state index in [1.165, 1.54) is 5.56 Å². The second-order valence-corrected chi connectivity index (χ2v) is 8.52. The molecule has 2 fully saturated rings. The van der Waals surface area contributed by atoms with Gasteiger partial charge in [0.05, 0.1) is 18.2 Å². The highest BCUT2D eigenvalue weighted by atomic mass is 16.5. The number of benzene rings is 1. The summed E-state index contributed by atoms with van der Waals surface area (Å²) in [6.07, 6.45) is 5.19. The molecule has 3 heterocycles. The van der Waals surface area contributed by atoms with Gasteiger partial charge in [-0.3, -0.25) is 14.4 Å². The monoisotopic (exact) mass is 396 g/mol. The number of nitrogens with zero attached hydrogens (tertiary/aromatic N) is 4. The molecular formula is C23H32N4O2. The Bertz CT molecular complexity index is 878. The van der Waals surface area contributed by atoms with Gasteiger partial charge in [0.2, 0.25) is 5.91 Å². The van der Waals surface area contributed by atoms with Gasteiger partial charge in [-0.05, 0) is 57.4 Å². The number of hydrogen-bond acceptors (Lipinski definition) is 4. The average Bonchev–Trinajstić information content (AvgIpc) is 3.30. The van der Waals surface area contributed by atoms with Crippen molar-refractivity contribution in [3.05, 3.63) is 47.3 Å². The number of amides is 1. The maximum Gasteiger partial charge on any atom is 0.230 e. The molecular weight excluding hydrogens is 364 g/mol. The lowest BCUT2D eigenvalue weighted by molar-refractivity contribution is -0.146. The Hall–Kier alpha value is -2.34. The first-order valence-electron chi connectivity index (χ1n) is 10.7. The first-order valence-corrected chi connectivity index (χ1v) is 10.7. The van der Waals surface area contributed by atoms with E-state index in [1.807, 2.05) is 22.9 Å². The topological polar surface area (TPSA) is 50.6 Å². The molecule has 2 aromatic rings. The largest absolute Gasteiger partial charge is 0.497 e. The van der Waals surface area contributed by atoms with E-state index in [1.54, 1.807) is 7.11 Å². The van der Waals surface area contributed by atoms with Crippen LogP contribution in [0.1, 0.15) is 43.0 Å². The normalized spacial score (nSPS) is 22.6. The van der Waals surface area contributed by atoms with Gasteiger partial charge < -0.3 is 9.64 Å². The van der Waals surface area contributed by atoms with E-state index in [-0.39, 0.29) is 5.41 Å². The van der Waals surface area contributed by atoms with Crippen LogP contribution in [-0.2, 0) is 24.4 Å². The minimum Gasteiger partial charge on any atom is -0.497 e. The summed E-state index contributed by atoms with van der Waals surface area (Å²) in [4.78, 5) is 18.0. The van der Waals surface area contributed by atoms with E-state index >= 15 is 0 Å². The SMILES string of the molecule is CCn1cc(CN2CCC3(CCCN(Cc4cccc(OC)c4)C3=O)C2)c(C)n1. The molecule has 0 bridgehead atoms. The van der Waals surface area contributed by atoms with E-state index in [2.05, 4.69) is 41.0 Å². The summed E-state index contributed by atoms with van der Waals surface area (Å²) in [6.45, 7) is 9.32. The highest BCUT2D eigenvalue weighted by Gasteiger charge is 2.48. The maximum atomic E-state index is 13.5. The molecule has 6 heteroatoms. The van der Waals surface area contributed by atoms with Crippen molar-refractivity contribution >= 4 is 5.91 Å². The van der Waals surface area contributed by atoms with Crippen molar-refractivity contribution in [1.82, 2.24) is 19.6 Å². The van der Waals surface area contributed by atoms with Crippen molar-refractivity contribution in [3.8, 4) is 5.75 Å². The minimum atomic E-state index is -0.216. The summed E-state index contributed by atoms with van der Waals surface area (Å²) >= 11 is 0. The van der Waals surface area contributed by atoms with Crippen LogP contribution in [0.3, 0.4) is 0 Å². The number of methoxy groups -OCH3 is 1. The predicted octanol–water partition coefficient (Wildman–Crippen LogP) is 3.23.